The second kappa shape index (κ2) is 5.99. The summed E-state index contributed by atoms with van der Waals surface area (Å²) in [5.74, 6) is -1.35. The lowest BCUT2D eigenvalue weighted by molar-refractivity contribution is 0.276. The monoisotopic (exact) mass is 283 g/mol. The van der Waals surface area contributed by atoms with E-state index in [9.17, 15) is 13.9 Å². The van der Waals surface area contributed by atoms with Crippen LogP contribution >= 0.6 is 11.6 Å². The minimum absolute atomic E-state index is 0.286. The summed E-state index contributed by atoms with van der Waals surface area (Å²) in [6.45, 7) is -0.286. The van der Waals surface area contributed by atoms with E-state index in [0.717, 1.165) is 6.07 Å². The lowest BCUT2D eigenvalue weighted by Crippen LogP contribution is -2.15. The Balaban J connectivity index is 2.22. The van der Waals surface area contributed by atoms with E-state index in [1.807, 2.05) is 0 Å². The van der Waals surface area contributed by atoms with E-state index in [2.05, 4.69) is 5.32 Å². The molecule has 2 N–H and O–H groups in total. The molecule has 2 aromatic rings. The number of hydrogen-bond acceptors (Lipinski definition) is 2. The number of benzene rings is 2. The van der Waals surface area contributed by atoms with Gasteiger partial charge in [-0.3, -0.25) is 0 Å². The van der Waals surface area contributed by atoms with Crippen molar-refractivity contribution in [1.29, 1.82) is 0 Å². The van der Waals surface area contributed by atoms with Gasteiger partial charge < -0.3 is 10.4 Å². The van der Waals surface area contributed by atoms with Gasteiger partial charge in [-0.15, -0.1) is 0 Å². The van der Waals surface area contributed by atoms with Crippen LogP contribution in [0.2, 0.25) is 5.02 Å². The zero-order chi connectivity index (χ0) is 13.8. The quantitative estimate of drug-likeness (QED) is 0.895. The average molecular weight is 284 g/mol. The molecule has 0 radical (unpaired) electrons. The molecule has 0 aliphatic rings. The molecule has 100 valence electrons. The Morgan fingerprint density at radius 1 is 1.05 bits per heavy atom. The van der Waals surface area contributed by atoms with Crippen LogP contribution in [0.3, 0.4) is 0 Å². The maximum atomic E-state index is 13.1. The van der Waals surface area contributed by atoms with Gasteiger partial charge in [-0.2, -0.15) is 0 Å². The van der Waals surface area contributed by atoms with Crippen molar-refractivity contribution in [2.24, 2.45) is 0 Å². The third-order valence-corrected chi connectivity index (χ3v) is 2.91. The Labute approximate surface area is 114 Å². The molecule has 0 fully saturated rings. The molecule has 1 unspecified atom stereocenters. The molecule has 1 atom stereocenters. The summed E-state index contributed by atoms with van der Waals surface area (Å²) in [6.07, 6.45) is 0. The van der Waals surface area contributed by atoms with Gasteiger partial charge in [-0.05, 0) is 42.0 Å². The number of anilines is 1. The number of nitrogens with one attached hydrogen (secondary N) is 1. The second-order valence-corrected chi connectivity index (χ2v) is 4.53. The van der Waals surface area contributed by atoms with E-state index in [0.29, 0.717) is 16.3 Å². The van der Waals surface area contributed by atoms with Crippen LogP contribution in [0.1, 0.15) is 11.6 Å². The summed E-state index contributed by atoms with van der Waals surface area (Å²) < 4.78 is 26.3. The van der Waals surface area contributed by atoms with E-state index < -0.39 is 17.7 Å². The number of hydrogen-bond donors (Lipinski definition) is 2. The minimum atomic E-state index is -0.675. The van der Waals surface area contributed by atoms with Crippen molar-refractivity contribution >= 4 is 17.3 Å². The summed E-state index contributed by atoms with van der Waals surface area (Å²) in [6, 6.07) is 9.39. The van der Waals surface area contributed by atoms with Gasteiger partial charge >= 0.3 is 0 Å². The van der Waals surface area contributed by atoms with Gasteiger partial charge in [0.05, 0.1) is 12.6 Å². The van der Waals surface area contributed by atoms with Crippen molar-refractivity contribution in [1.82, 2.24) is 0 Å². The summed E-state index contributed by atoms with van der Waals surface area (Å²) in [7, 11) is 0. The summed E-state index contributed by atoms with van der Waals surface area (Å²) in [4.78, 5) is 0. The minimum Gasteiger partial charge on any atom is -0.394 e. The van der Waals surface area contributed by atoms with Crippen LogP contribution in [-0.4, -0.2) is 11.7 Å². The van der Waals surface area contributed by atoms with E-state index in [1.165, 1.54) is 12.1 Å². The molecule has 19 heavy (non-hydrogen) atoms. The molecule has 0 heterocycles. The van der Waals surface area contributed by atoms with Crippen molar-refractivity contribution in [3.63, 3.8) is 0 Å². The van der Waals surface area contributed by atoms with Gasteiger partial charge in [0.25, 0.3) is 0 Å². The normalized spacial score (nSPS) is 12.2. The first-order valence-corrected chi connectivity index (χ1v) is 6.05. The SMILES string of the molecule is OCC(Nc1ccc(Cl)cc1)c1cc(F)cc(F)c1. The maximum Gasteiger partial charge on any atom is 0.126 e. The van der Waals surface area contributed by atoms with Crippen LogP contribution in [0, 0.1) is 11.6 Å². The number of aliphatic hydroxyl groups excluding tert-OH is 1. The Hall–Kier alpha value is -1.65. The molecule has 2 aromatic carbocycles. The predicted octanol–water partition coefficient (Wildman–Crippen LogP) is 3.76. The van der Waals surface area contributed by atoms with Crippen molar-refractivity contribution in [2.75, 3.05) is 11.9 Å². The van der Waals surface area contributed by atoms with E-state index in [-0.39, 0.29) is 6.61 Å². The van der Waals surface area contributed by atoms with Gasteiger partial charge in [0.1, 0.15) is 11.6 Å². The van der Waals surface area contributed by atoms with Crippen LogP contribution in [0.15, 0.2) is 42.5 Å². The van der Waals surface area contributed by atoms with Gasteiger partial charge in [-0.25, -0.2) is 8.78 Å². The smallest absolute Gasteiger partial charge is 0.126 e. The molecular formula is C14H12ClF2NO. The summed E-state index contributed by atoms with van der Waals surface area (Å²) in [5.41, 5.74) is 1.04. The van der Waals surface area contributed by atoms with Gasteiger partial charge in [0, 0.05) is 16.8 Å². The Morgan fingerprint density at radius 2 is 1.63 bits per heavy atom. The van der Waals surface area contributed by atoms with Crippen molar-refractivity contribution in [3.05, 3.63) is 64.7 Å². The fraction of sp³-hybridized carbons (Fsp3) is 0.143. The van der Waals surface area contributed by atoms with Gasteiger partial charge in [0.2, 0.25) is 0 Å². The Morgan fingerprint density at radius 3 is 2.16 bits per heavy atom. The molecule has 2 nitrogen and oxygen atoms in total. The third kappa shape index (κ3) is 3.66. The van der Waals surface area contributed by atoms with Crippen molar-refractivity contribution < 1.29 is 13.9 Å². The molecule has 0 aliphatic heterocycles. The predicted molar refractivity (Wildman–Crippen MR) is 71.3 cm³/mol. The first-order valence-electron chi connectivity index (χ1n) is 5.67. The van der Waals surface area contributed by atoms with Crippen LogP contribution < -0.4 is 5.32 Å². The summed E-state index contributed by atoms with van der Waals surface area (Å²) >= 11 is 5.76. The molecule has 0 amide bonds. The zero-order valence-corrected chi connectivity index (χ0v) is 10.7. The lowest BCUT2D eigenvalue weighted by atomic mass is 10.1. The molecule has 2 rings (SSSR count). The molecule has 0 saturated heterocycles. The number of aliphatic hydroxyl groups is 1. The Bertz CT molecular complexity index is 540. The molecular weight excluding hydrogens is 272 g/mol. The highest BCUT2D eigenvalue weighted by molar-refractivity contribution is 6.30. The number of rotatable bonds is 4. The van der Waals surface area contributed by atoms with Crippen LogP contribution in [0.25, 0.3) is 0 Å². The van der Waals surface area contributed by atoms with Crippen molar-refractivity contribution in [3.8, 4) is 0 Å². The molecule has 0 saturated carbocycles. The molecule has 0 aliphatic carbocycles. The van der Waals surface area contributed by atoms with Crippen LogP contribution in [0.5, 0.6) is 0 Å². The topological polar surface area (TPSA) is 32.3 Å². The molecule has 5 heteroatoms. The molecule has 0 bridgehead atoms. The maximum absolute atomic E-state index is 13.1. The van der Waals surface area contributed by atoms with Gasteiger partial charge in [0.15, 0.2) is 0 Å². The molecule has 0 spiro atoms. The fourth-order valence-corrected chi connectivity index (χ4v) is 1.88. The van der Waals surface area contributed by atoms with Crippen LogP contribution in [-0.2, 0) is 0 Å². The zero-order valence-electron chi connectivity index (χ0n) is 9.91. The first kappa shape index (κ1) is 13.8. The van der Waals surface area contributed by atoms with E-state index >= 15 is 0 Å². The largest absolute Gasteiger partial charge is 0.394 e. The fourth-order valence-electron chi connectivity index (χ4n) is 1.76. The summed E-state index contributed by atoms with van der Waals surface area (Å²) in [5, 5.41) is 12.9. The molecule has 0 aromatic heterocycles. The van der Waals surface area contributed by atoms with Gasteiger partial charge in [-0.1, -0.05) is 11.6 Å². The first-order chi connectivity index (χ1) is 9.08. The lowest BCUT2D eigenvalue weighted by Gasteiger charge is -2.18. The second-order valence-electron chi connectivity index (χ2n) is 4.09. The average Bonchev–Trinajstić information content (AvgIpc) is 2.37. The highest BCUT2D eigenvalue weighted by Crippen LogP contribution is 2.22. The van der Waals surface area contributed by atoms with Crippen molar-refractivity contribution in [2.45, 2.75) is 6.04 Å². The highest BCUT2D eigenvalue weighted by atomic mass is 35.5. The van der Waals surface area contributed by atoms with E-state index in [4.69, 9.17) is 11.6 Å². The third-order valence-electron chi connectivity index (χ3n) is 2.65. The Kier molecular flexibility index (Phi) is 4.35. The highest BCUT2D eigenvalue weighted by Gasteiger charge is 2.12. The van der Waals surface area contributed by atoms with E-state index in [1.54, 1.807) is 24.3 Å². The standard InChI is InChI=1S/C14H12ClF2NO/c15-10-1-3-13(4-2-10)18-14(8-19)9-5-11(16)7-12(17)6-9/h1-7,14,18-19H,8H2. The number of halogens is 3. The van der Waals surface area contributed by atoms with Crippen LogP contribution in [0.4, 0.5) is 14.5 Å².